The van der Waals surface area contributed by atoms with Crippen LogP contribution in [-0.4, -0.2) is 17.1 Å². The van der Waals surface area contributed by atoms with Crippen LogP contribution in [0.25, 0.3) is 10.9 Å². The van der Waals surface area contributed by atoms with Gasteiger partial charge >= 0.3 is 5.97 Å². The summed E-state index contributed by atoms with van der Waals surface area (Å²) in [5, 5.41) is 1.93. The first kappa shape index (κ1) is 20.3. The summed E-state index contributed by atoms with van der Waals surface area (Å²) in [6, 6.07) is 9.03. The third-order valence-electron chi connectivity index (χ3n) is 5.05. The Hall–Kier alpha value is -2.93. The van der Waals surface area contributed by atoms with Gasteiger partial charge in [0.25, 0.3) is 0 Å². The van der Waals surface area contributed by atoms with E-state index >= 15 is 8.78 Å². The van der Waals surface area contributed by atoms with Gasteiger partial charge in [0.05, 0.1) is 23.2 Å². The molecule has 1 aliphatic rings. The molecule has 0 radical (unpaired) electrons. The summed E-state index contributed by atoms with van der Waals surface area (Å²) < 4.78 is 36.5. The van der Waals surface area contributed by atoms with Gasteiger partial charge in [-0.3, -0.25) is 4.79 Å². The van der Waals surface area contributed by atoms with Gasteiger partial charge < -0.3 is 14.6 Å². The molecule has 2 aromatic carbocycles. The van der Waals surface area contributed by atoms with E-state index in [1.807, 2.05) is 30.3 Å². The summed E-state index contributed by atoms with van der Waals surface area (Å²) in [6.45, 7) is 1.87. The second-order valence-corrected chi connectivity index (χ2v) is 7.49. The van der Waals surface area contributed by atoms with E-state index in [0.717, 1.165) is 18.4 Å². The van der Waals surface area contributed by atoms with Crippen LogP contribution in [0.3, 0.4) is 0 Å². The molecular formula is C22H19ClF2N2O3. The Kier molecular flexibility index (Phi) is 5.47. The van der Waals surface area contributed by atoms with E-state index in [2.05, 4.69) is 5.32 Å². The van der Waals surface area contributed by atoms with Gasteiger partial charge in [-0.25, -0.2) is 13.6 Å². The summed E-state index contributed by atoms with van der Waals surface area (Å²) >= 11 is 5.95. The Labute approximate surface area is 176 Å². The van der Waals surface area contributed by atoms with Crippen LogP contribution in [0.15, 0.2) is 41.3 Å². The largest absolute Gasteiger partial charge is 0.462 e. The maximum atomic E-state index is 15.0. The molecule has 0 bridgehead atoms. The van der Waals surface area contributed by atoms with Crippen molar-refractivity contribution in [3.05, 3.63) is 74.5 Å². The fraction of sp³-hybridized carbons (Fsp3) is 0.273. The highest BCUT2D eigenvalue weighted by atomic mass is 35.5. The van der Waals surface area contributed by atoms with Crippen LogP contribution < -0.4 is 10.7 Å². The van der Waals surface area contributed by atoms with Crippen molar-refractivity contribution in [2.24, 2.45) is 0 Å². The monoisotopic (exact) mass is 432 g/mol. The van der Waals surface area contributed by atoms with Crippen molar-refractivity contribution in [2.45, 2.75) is 32.4 Å². The number of carbonyl (C=O) groups excluding carboxylic acids is 1. The molecule has 0 atom stereocenters. The second kappa shape index (κ2) is 8.07. The third kappa shape index (κ3) is 3.54. The fourth-order valence-corrected chi connectivity index (χ4v) is 3.64. The van der Waals surface area contributed by atoms with Crippen molar-refractivity contribution in [2.75, 3.05) is 11.9 Å². The standard InChI is InChI=1S/C22H19ClF2N2O3/c1-2-30-22(29)14-11-27(13-8-9-13)20-15(21(14)28)19(17(24)16(23)18(20)25)26-10-12-6-4-3-5-7-12/h3-7,11,13,26H,2,8-10H2,1H3. The number of esters is 1. The number of hydrogen-bond acceptors (Lipinski definition) is 4. The van der Waals surface area contributed by atoms with Gasteiger partial charge in [-0.15, -0.1) is 0 Å². The molecule has 1 fully saturated rings. The average molecular weight is 433 g/mol. The number of carbonyl (C=O) groups is 1. The molecule has 0 spiro atoms. The van der Waals surface area contributed by atoms with Gasteiger partial charge in [-0.05, 0) is 25.3 Å². The van der Waals surface area contributed by atoms with Crippen molar-refractivity contribution >= 4 is 34.2 Å². The quantitative estimate of drug-likeness (QED) is 0.437. The summed E-state index contributed by atoms with van der Waals surface area (Å²) in [6.07, 6.45) is 2.79. The zero-order valence-electron chi connectivity index (χ0n) is 16.2. The lowest BCUT2D eigenvalue weighted by Crippen LogP contribution is -2.23. The number of aromatic nitrogens is 1. The number of halogens is 3. The van der Waals surface area contributed by atoms with Crippen LogP contribution in [0.5, 0.6) is 0 Å². The Morgan fingerprint density at radius 3 is 2.57 bits per heavy atom. The van der Waals surface area contributed by atoms with E-state index in [-0.39, 0.29) is 41.3 Å². The molecule has 8 heteroatoms. The topological polar surface area (TPSA) is 60.3 Å². The minimum Gasteiger partial charge on any atom is -0.462 e. The molecule has 0 amide bonds. The van der Waals surface area contributed by atoms with Gasteiger partial charge in [0, 0.05) is 18.8 Å². The van der Waals surface area contributed by atoms with Crippen molar-refractivity contribution in [3.8, 4) is 0 Å². The Balaban J connectivity index is 1.97. The predicted octanol–water partition coefficient (Wildman–Crippen LogP) is 5.06. The van der Waals surface area contributed by atoms with Crippen LogP contribution in [0, 0.1) is 11.6 Å². The van der Waals surface area contributed by atoms with E-state index in [4.69, 9.17) is 16.3 Å². The number of ether oxygens (including phenoxy) is 1. The highest BCUT2D eigenvalue weighted by molar-refractivity contribution is 6.32. The fourth-order valence-electron chi connectivity index (χ4n) is 3.46. The van der Waals surface area contributed by atoms with Crippen molar-refractivity contribution in [1.82, 2.24) is 4.57 Å². The molecule has 1 N–H and O–H groups in total. The van der Waals surface area contributed by atoms with Crippen LogP contribution >= 0.6 is 11.6 Å². The molecule has 0 saturated heterocycles. The number of rotatable bonds is 6. The summed E-state index contributed by atoms with van der Waals surface area (Å²) in [5.41, 5.74) is -0.580. The number of fused-ring (bicyclic) bond motifs is 1. The lowest BCUT2D eigenvalue weighted by atomic mass is 10.1. The smallest absolute Gasteiger partial charge is 0.343 e. The molecule has 1 heterocycles. The summed E-state index contributed by atoms with van der Waals surface area (Å²) in [5.74, 6) is -2.92. The molecule has 5 nitrogen and oxygen atoms in total. The van der Waals surface area contributed by atoms with Gasteiger partial charge in [0.2, 0.25) is 5.43 Å². The van der Waals surface area contributed by atoms with E-state index in [9.17, 15) is 9.59 Å². The van der Waals surface area contributed by atoms with E-state index in [0.29, 0.717) is 0 Å². The van der Waals surface area contributed by atoms with Crippen molar-refractivity contribution in [1.29, 1.82) is 0 Å². The number of benzene rings is 2. The average Bonchev–Trinajstić information content (AvgIpc) is 3.58. The number of nitrogens with zero attached hydrogens (tertiary/aromatic N) is 1. The second-order valence-electron chi connectivity index (χ2n) is 7.11. The lowest BCUT2D eigenvalue weighted by Gasteiger charge is -2.18. The first-order chi connectivity index (χ1) is 14.4. The number of nitrogens with one attached hydrogen (secondary N) is 1. The minimum atomic E-state index is -1.07. The summed E-state index contributed by atoms with van der Waals surface area (Å²) in [4.78, 5) is 25.5. The minimum absolute atomic E-state index is 0.0716. The maximum Gasteiger partial charge on any atom is 0.343 e. The molecular weight excluding hydrogens is 414 g/mol. The van der Waals surface area contributed by atoms with E-state index < -0.39 is 28.1 Å². The lowest BCUT2D eigenvalue weighted by molar-refractivity contribution is 0.0524. The first-order valence-corrected chi connectivity index (χ1v) is 10.0. The normalized spacial score (nSPS) is 13.5. The molecule has 0 aliphatic heterocycles. The molecule has 156 valence electrons. The van der Waals surface area contributed by atoms with Gasteiger partial charge in [0.15, 0.2) is 11.6 Å². The molecule has 1 aromatic heterocycles. The van der Waals surface area contributed by atoms with Gasteiger partial charge in [-0.1, -0.05) is 41.9 Å². The van der Waals surface area contributed by atoms with Crippen molar-refractivity contribution in [3.63, 3.8) is 0 Å². The highest BCUT2D eigenvalue weighted by Gasteiger charge is 2.32. The van der Waals surface area contributed by atoms with Crippen LogP contribution in [0.1, 0.15) is 41.7 Å². The van der Waals surface area contributed by atoms with Gasteiger partial charge in [0.1, 0.15) is 10.6 Å². The molecule has 3 aromatic rings. The van der Waals surface area contributed by atoms with E-state index in [1.165, 1.54) is 10.8 Å². The van der Waals surface area contributed by atoms with Crippen LogP contribution in [0.4, 0.5) is 14.5 Å². The first-order valence-electron chi connectivity index (χ1n) is 9.64. The molecule has 0 unspecified atom stereocenters. The number of anilines is 1. The van der Waals surface area contributed by atoms with Crippen LogP contribution in [0.2, 0.25) is 5.02 Å². The highest BCUT2D eigenvalue weighted by Crippen LogP contribution is 2.41. The summed E-state index contributed by atoms with van der Waals surface area (Å²) in [7, 11) is 0. The Morgan fingerprint density at radius 2 is 1.93 bits per heavy atom. The molecule has 1 saturated carbocycles. The Bertz CT molecular complexity index is 1190. The van der Waals surface area contributed by atoms with Gasteiger partial charge in [-0.2, -0.15) is 0 Å². The zero-order valence-corrected chi connectivity index (χ0v) is 16.9. The van der Waals surface area contributed by atoms with E-state index in [1.54, 1.807) is 6.92 Å². The maximum absolute atomic E-state index is 15.0. The number of pyridine rings is 1. The SMILES string of the molecule is CCOC(=O)c1cn(C2CC2)c2c(F)c(Cl)c(F)c(NCc3ccccc3)c2c1=O. The predicted molar refractivity (Wildman–Crippen MR) is 111 cm³/mol. The van der Waals surface area contributed by atoms with Crippen molar-refractivity contribution < 1.29 is 18.3 Å². The van der Waals surface area contributed by atoms with Crippen LogP contribution in [-0.2, 0) is 11.3 Å². The Morgan fingerprint density at radius 1 is 1.23 bits per heavy atom. The zero-order chi connectivity index (χ0) is 21.4. The molecule has 30 heavy (non-hydrogen) atoms. The third-order valence-corrected chi connectivity index (χ3v) is 5.38. The molecule has 4 rings (SSSR count). The molecule has 1 aliphatic carbocycles. The number of hydrogen-bond donors (Lipinski definition) is 1.